The first-order valence-electron chi connectivity index (χ1n) is 9.81. The zero-order valence-corrected chi connectivity index (χ0v) is 19.8. The zero-order chi connectivity index (χ0) is 22.8. The molecule has 0 saturated heterocycles. The quantitative estimate of drug-likeness (QED) is 0.438. The number of nitrogens with zero attached hydrogens (tertiary/aromatic N) is 4. The minimum absolute atomic E-state index is 0. The van der Waals surface area contributed by atoms with Crippen LogP contribution in [0.4, 0.5) is 0 Å². The predicted octanol–water partition coefficient (Wildman–Crippen LogP) is 0.635. The fourth-order valence-electron chi connectivity index (χ4n) is 2.68. The number of rotatable bonds is 4. The second-order valence-electron chi connectivity index (χ2n) is 7.37. The number of allylic oxidation sites excluding steroid dienone is 6. The summed E-state index contributed by atoms with van der Waals surface area (Å²) in [5.41, 5.74) is 1.83. The smallest absolute Gasteiger partial charge is 0.542 e. The van der Waals surface area contributed by atoms with Crippen molar-refractivity contribution in [3.05, 3.63) is 47.9 Å². The van der Waals surface area contributed by atoms with Crippen molar-refractivity contribution in [2.45, 2.75) is 52.6 Å². The first kappa shape index (κ1) is 28.3. The van der Waals surface area contributed by atoms with Crippen LogP contribution in [0.1, 0.15) is 40.5 Å². The number of carbonyl (C=O) groups excluding carboxylic acids is 2. The molecule has 0 fully saturated rings. The molecule has 0 aliphatic heterocycles. The maximum Gasteiger partial charge on any atom is 2.00 e. The molecule has 9 heteroatoms. The molecule has 1 radical (unpaired) electrons. The molecule has 0 amide bonds. The van der Waals surface area contributed by atoms with Crippen molar-refractivity contribution in [3.63, 3.8) is 0 Å². The summed E-state index contributed by atoms with van der Waals surface area (Å²) in [6.07, 6.45) is 12.9. The standard InChI is InChI=1S/2C11H16N2O2.Co/c2*1-8(2)12-10(11(14)15)13(3)9-6-4-5-7-9;/h2*4-6,8H,7H2,1-3H3,(H,14,15);/q;;+2/p-2. The van der Waals surface area contributed by atoms with E-state index >= 15 is 0 Å². The van der Waals surface area contributed by atoms with Gasteiger partial charge in [0, 0.05) is 50.4 Å². The molecule has 2 rings (SSSR count). The van der Waals surface area contributed by atoms with E-state index in [2.05, 4.69) is 9.98 Å². The summed E-state index contributed by atoms with van der Waals surface area (Å²) in [5, 5.41) is 21.8. The molecule has 0 saturated carbocycles. The summed E-state index contributed by atoms with van der Waals surface area (Å²) in [6.45, 7) is 7.33. The summed E-state index contributed by atoms with van der Waals surface area (Å²) >= 11 is 0. The summed E-state index contributed by atoms with van der Waals surface area (Å²) in [7, 11) is 3.38. The van der Waals surface area contributed by atoms with E-state index in [0.717, 1.165) is 24.2 Å². The average molecular weight is 473 g/mol. The molecule has 0 spiro atoms. The van der Waals surface area contributed by atoms with Crippen LogP contribution in [-0.4, -0.2) is 59.6 Å². The van der Waals surface area contributed by atoms with Gasteiger partial charge in [0.1, 0.15) is 11.9 Å². The van der Waals surface area contributed by atoms with Crippen LogP contribution >= 0.6 is 0 Å². The second-order valence-corrected chi connectivity index (χ2v) is 7.37. The average Bonchev–Trinajstić information content (AvgIpc) is 3.36. The number of hydrogen-bond donors (Lipinski definition) is 0. The molecule has 0 bridgehead atoms. The summed E-state index contributed by atoms with van der Waals surface area (Å²) < 4.78 is 0. The zero-order valence-electron chi connectivity index (χ0n) is 18.8. The van der Waals surface area contributed by atoms with Gasteiger partial charge in [0.2, 0.25) is 0 Å². The summed E-state index contributed by atoms with van der Waals surface area (Å²) in [4.78, 5) is 33.0. The molecule has 0 atom stereocenters. The SMILES string of the molecule is CC(C)N=C(C(=O)[O-])N(C)C1=CC=CC1.CC(C)N=C(C(=O)[O-])N(C)C1=CC=CC1.[Co+2]. The third kappa shape index (κ3) is 9.35. The minimum Gasteiger partial charge on any atom is -0.542 e. The van der Waals surface area contributed by atoms with Crippen molar-refractivity contribution < 1.29 is 36.6 Å². The van der Waals surface area contributed by atoms with Crippen LogP contribution < -0.4 is 10.2 Å². The molecule has 0 unspecified atom stereocenters. The van der Waals surface area contributed by atoms with Crippen LogP contribution in [-0.2, 0) is 26.4 Å². The van der Waals surface area contributed by atoms with Crippen LogP contribution in [0.15, 0.2) is 57.8 Å². The van der Waals surface area contributed by atoms with E-state index in [4.69, 9.17) is 0 Å². The van der Waals surface area contributed by atoms with Gasteiger partial charge in [-0.05, 0) is 39.8 Å². The topological polar surface area (TPSA) is 111 Å². The molecular weight excluding hydrogens is 443 g/mol. The second kappa shape index (κ2) is 13.6. The Balaban J connectivity index is 0.000000562. The van der Waals surface area contributed by atoms with Crippen molar-refractivity contribution in [2.24, 2.45) is 9.98 Å². The largest absolute Gasteiger partial charge is 2.00 e. The van der Waals surface area contributed by atoms with Gasteiger partial charge in [-0.25, -0.2) is 0 Å². The molecule has 0 N–H and O–H groups in total. The van der Waals surface area contributed by atoms with E-state index in [1.54, 1.807) is 23.9 Å². The molecule has 2 aliphatic rings. The minimum atomic E-state index is -1.24. The first-order chi connectivity index (χ1) is 14.0. The monoisotopic (exact) mass is 473 g/mol. The van der Waals surface area contributed by atoms with Crippen molar-refractivity contribution in [1.29, 1.82) is 0 Å². The number of aliphatic carboxylic acids is 2. The van der Waals surface area contributed by atoms with Gasteiger partial charge in [-0.3, -0.25) is 9.98 Å². The van der Waals surface area contributed by atoms with E-state index in [0.29, 0.717) is 0 Å². The van der Waals surface area contributed by atoms with Gasteiger partial charge in [0.05, 0.1) is 0 Å². The van der Waals surface area contributed by atoms with E-state index in [-0.39, 0.29) is 40.5 Å². The van der Waals surface area contributed by atoms with Crippen LogP contribution in [0.25, 0.3) is 0 Å². The van der Waals surface area contributed by atoms with Gasteiger partial charge in [0.15, 0.2) is 11.7 Å². The third-order valence-electron chi connectivity index (χ3n) is 4.13. The van der Waals surface area contributed by atoms with Crippen molar-refractivity contribution >= 4 is 23.6 Å². The number of likely N-dealkylation sites (N-methyl/N-ethyl adjacent to an activating group) is 2. The van der Waals surface area contributed by atoms with Crippen LogP contribution in [0, 0.1) is 0 Å². The van der Waals surface area contributed by atoms with Gasteiger partial charge in [0.25, 0.3) is 0 Å². The van der Waals surface area contributed by atoms with Gasteiger partial charge >= 0.3 is 16.8 Å². The Bertz CT molecular complexity index is 755. The van der Waals surface area contributed by atoms with E-state index in [1.165, 1.54) is 0 Å². The molecule has 171 valence electrons. The molecule has 0 aromatic carbocycles. The number of carboxylic acids is 2. The molecule has 0 aromatic rings. The van der Waals surface area contributed by atoms with Gasteiger partial charge in [-0.15, -0.1) is 0 Å². The Hall–Kier alpha value is -2.65. The maximum atomic E-state index is 10.9. The van der Waals surface area contributed by atoms with Crippen molar-refractivity contribution in [2.75, 3.05) is 14.1 Å². The van der Waals surface area contributed by atoms with Crippen LogP contribution in [0.3, 0.4) is 0 Å². The number of hydrogen-bond acceptors (Lipinski definition) is 6. The number of carboxylic acid groups (broad SMARTS) is 2. The van der Waals surface area contributed by atoms with Gasteiger partial charge in [-0.2, -0.15) is 0 Å². The summed E-state index contributed by atoms with van der Waals surface area (Å²) in [5.74, 6) is -2.50. The molecular formula is C22H30CoN4O4. The molecule has 31 heavy (non-hydrogen) atoms. The maximum absolute atomic E-state index is 10.9. The molecule has 2 aliphatic carbocycles. The number of amidine groups is 2. The predicted molar refractivity (Wildman–Crippen MR) is 114 cm³/mol. The Morgan fingerprint density at radius 1 is 0.806 bits per heavy atom. The van der Waals surface area contributed by atoms with Crippen LogP contribution in [0.5, 0.6) is 0 Å². The first-order valence-corrected chi connectivity index (χ1v) is 9.81. The Morgan fingerprint density at radius 3 is 1.32 bits per heavy atom. The van der Waals surface area contributed by atoms with Crippen LogP contribution in [0.2, 0.25) is 0 Å². The normalized spacial score (nSPS) is 15.2. The molecule has 8 nitrogen and oxygen atoms in total. The molecule has 0 heterocycles. The van der Waals surface area contributed by atoms with Gasteiger partial charge in [-0.1, -0.05) is 24.3 Å². The van der Waals surface area contributed by atoms with E-state index in [9.17, 15) is 19.8 Å². The molecule has 0 aromatic heterocycles. The number of aliphatic imine (C=N–C) groups is 2. The Kier molecular flexibility index (Phi) is 12.4. The van der Waals surface area contributed by atoms with E-state index < -0.39 is 11.9 Å². The third-order valence-corrected chi connectivity index (χ3v) is 4.13. The van der Waals surface area contributed by atoms with Gasteiger partial charge < -0.3 is 29.6 Å². The van der Waals surface area contributed by atoms with Crippen molar-refractivity contribution in [1.82, 2.24) is 9.80 Å². The Morgan fingerprint density at radius 2 is 1.13 bits per heavy atom. The fourth-order valence-corrected chi connectivity index (χ4v) is 2.68. The number of carbonyl (C=O) groups is 2. The van der Waals surface area contributed by atoms with E-state index in [1.807, 2.05) is 64.2 Å². The van der Waals surface area contributed by atoms with Crippen molar-refractivity contribution in [3.8, 4) is 0 Å². The fraction of sp³-hybridized carbons (Fsp3) is 0.455. The summed E-state index contributed by atoms with van der Waals surface area (Å²) in [6, 6.07) is -0.120. The Labute approximate surface area is 194 Å².